The van der Waals surface area contributed by atoms with Gasteiger partial charge in [-0.3, -0.25) is 4.79 Å². The number of carbonyl (C=O) groups is 1. The third-order valence-electron chi connectivity index (χ3n) is 3.67. The van der Waals surface area contributed by atoms with E-state index in [0.717, 1.165) is 12.8 Å². The molecule has 0 heterocycles. The summed E-state index contributed by atoms with van der Waals surface area (Å²) in [7, 11) is 0. The molecule has 3 N–H and O–H groups in total. The molecule has 0 bridgehead atoms. The van der Waals surface area contributed by atoms with Gasteiger partial charge in [0.15, 0.2) is 0 Å². The van der Waals surface area contributed by atoms with Crippen LogP contribution >= 0.6 is 12.2 Å². The van der Waals surface area contributed by atoms with Crippen molar-refractivity contribution in [2.45, 2.75) is 51.0 Å². The Labute approximate surface area is 102 Å². The second-order valence-electron chi connectivity index (χ2n) is 5.14. The maximum Gasteiger partial charge on any atom is 0.220 e. The number of carbonyl (C=O) groups excluding carboxylic acids is 1. The Morgan fingerprint density at radius 3 is 2.44 bits per heavy atom. The lowest BCUT2D eigenvalue weighted by Gasteiger charge is -2.18. The first-order valence-corrected chi connectivity index (χ1v) is 6.66. The topological polar surface area (TPSA) is 55.1 Å². The quantitative estimate of drug-likeness (QED) is 0.720. The van der Waals surface area contributed by atoms with Crippen LogP contribution in [0, 0.1) is 11.8 Å². The van der Waals surface area contributed by atoms with E-state index < -0.39 is 0 Å². The first-order chi connectivity index (χ1) is 7.66. The van der Waals surface area contributed by atoms with Crippen molar-refractivity contribution in [2.24, 2.45) is 17.6 Å². The van der Waals surface area contributed by atoms with Gasteiger partial charge in [-0.15, -0.1) is 0 Å². The standard InChI is InChI=1S/C12H20N2OS/c13-12(16)11(9-5-6-9)14-10(15)7-8-3-1-2-4-8/h8-9,11H,1-7H2,(H2,13,16)(H,14,15). The molecule has 2 aliphatic rings. The Kier molecular flexibility index (Phi) is 3.79. The van der Waals surface area contributed by atoms with Crippen molar-refractivity contribution in [3.8, 4) is 0 Å². The van der Waals surface area contributed by atoms with E-state index in [2.05, 4.69) is 5.32 Å². The van der Waals surface area contributed by atoms with Gasteiger partial charge in [-0.2, -0.15) is 0 Å². The third kappa shape index (κ3) is 3.17. The molecule has 2 fully saturated rings. The van der Waals surface area contributed by atoms with Crippen LogP contribution in [0.2, 0.25) is 0 Å². The fourth-order valence-corrected chi connectivity index (χ4v) is 2.81. The first kappa shape index (κ1) is 11.8. The molecule has 3 nitrogen and oxygen atoms in total. The highest BCUT2D eigenvalue weighted by Gasteiger charge is 2.34. The average molecular weight is 240 g/mol. The highest BCUT2D eigenvalue weighted by molar-refractivity contribution is 7.80. The van der Waals surface area contributed by atoms with Gasteiger partial charge in [0.2, 0.25) is 5.91 Å². The summed E-state index contributed by atoms with van der Waals surface area (Å²) in [5, 5.41) is 3.00. The number of thiocarbonyl (C=S) groups is 1. The SMILES string of the molecule is NC(=S)C(NC(=O)CC1CCCC1)C1CC1. The number of amides is 1. The van der Waals surface area contributed by atoms with Crippen LogP contribution in [0.25, 0.3) is 0 Å². The minimum Gasteiger partial charge on any atom is -0.392 e. The molecule has 4 heteroatoms. The normalized spacial score (nSPS) is 23.0. The molecule has 2 saturated carbocycles. The van der Waals surface area contributed by atoms with Gasteiger partial charge < -0.3 is 11.1 Å². The second-order valence-corrected chi connectivity index (χ2v) is 5.61. The first-order valence-electron chi connectivity index (χ1n) is 6.25. The van der Waals surface area contributed by atoms with Gasteiger partial charge in [0, 0.05) is 6.42 Å². The summed E-state index contributed by atoms with van der Waals surface area (Å²) in [6, 6.07) is -0.0519. The number of rotatable bonds is 5. The Hall–Kier alpha value is -0.640. The molecule has 2 rings (SSSR count). The Morgan fingerprint density at radius 1 is 1.31 bits per heavy atom. The predicted octanol–water partition coefficient (Wildman–Crippen LogP) is 1.75. The van der Waals surface area contributed by atoms with Gasteiger partial charge in [0.1, 0.15) is 0 Å². The van der Waals surface area contributed by atoms with Crippen molar-refractivity contribution >= 4 is 23.1 Å². The molecule has 1 amide bonds. The summed E-state index contributed by atoms with van der Waals surface area (Å²) in [6.07, 6.45) is 7.91. The molecule has 0 aromatic heterocycles. The number of hydrogen-bond acceptors (Lipinski definition) is 2. The van der Waals surface area contributed by atoms with Crippen LogP contribution < -0.4 is 11.1 Å². The lowest BCUT2D eigenvalue weighted by Crippen LogP contribution is -2.45. The van der Waals surface area contributed by atoms with Crippen molar-refractivity contribution in [3.63, 3.8) is 0 Å². The number of nitrogens with one attached hydrogen (secondary N) is 1. The summed E-state index contributed by atoms with van der Waals surface area (Å²) >= 11 is 5.00. The fourth-order valence-electron chi connectivity index (χ4n) is 2.56. The van der Waals surface area contributed by atoms with Crippen molar-refractivity contribution < 1.29 is 4.79 Å². The van der Waals surface area contributed by atoms with E-state index in [1.54, 1.807) is 0 Å². The third-order valence-corrected chi connectivity index (χ3v) is 3.92. The minimum atomic E-state index is -0.0519. The predicted molar refractivity (Wildman–Crippen MR) is 68.0 cm³/mol. The second kappa shape index (κ2) is 5.13. The largest absolute Gasteiger partial charge is 0.392 e. The molecule has 1 unspecified atom stereocenters. The molecule has 2 aliphatic carbocycles. The van der Waals surface area contributed by atoms with Crippen LogP contribution in [0.15, 0.2) is 0 Å². The molecule has 0 spiro atoms. The van der Waals surface area contributed by atoms with Crippen LogP contribution in [-0.2, 0) is 4.79 Å². The zero-order chi connectivity index (χ0) is 11.5. The summed E-state index contributed by atoms with van der Waals surface area (Å²) in [5.41, 5.74) is 5.65. The van der Waals surface area contributed by atoms with E-state index >= 15 is 0 Å². The Balaban J connectivity index is 1.77. The molecular formula is C12H20N2OS. The summed E-state index contributed by atoms with van der Waals surface area (Å²) < 4.78 is 0. The van der Waals surface area contributed by atoms with Gasteiger partial charge in [-0.05, 0) is 37.5 Å². The van der Waals surface area contributed by atoms with Crippen LogP contribution in [-0.4, -0.2) is 16.9 Å². The monoisotopic (exact) mass is 240 g/mol. The zero-order valence-electron chi connectivity index (χ0n) is 9.58. The maximum atomic E-state index is 11.8. The Morgan fingerprint density at radius 2 is 1.94 bits per heavy atom. The molecule has 90 valence electrons. The molecule has 16 heavy (non-hydrogen) atoms. The zero-order valence-corrected chi connectivity index (χ0v) is 10.4. The summed E-state index contributed by atoms with van der Waals surface area (Å²) in [4.78, 5) is 12.3. The molecule has 0 aromatic rings. The molecule has 0 aromatic carbocycles. The lowest BCUT2D eigenvalue weighted by atomic mass is 10.0. The molecule has 0 saturated heterocycles. The van der Waals surface area contributed by atoms with E-state index in [4.69, 9.17) is 18.0 Å². The van der Waals surface area contributed by atoms with Crippen molar-refractivity contribution in [2.75, 3.05) is 0 Å². The molecular weight excluding hydrogens is 220 g/mol. The van der Waals surface area contributed by atoms with Crippen LogP contribution in [0.5, 0.6) is 0 Å². The van der Waals surface area contributed by atoms with Gasteiger partial charge in [0.05, 0.1) is 11.0 Å². The van der Waals surface area contributed by atoms with Crippen molar-refractivity contribution in [1.82, 2.24) is 5.32 Å². The van der Waals surface area contributed by atoms with E-state index in [-0.39, 0.29) is 11.9 Å². The minimum absolute atomic E-state index is 0.0519. The van der Waals surface area contributed by atoms with E-state index in [1.807, 2.05) is 0 Å². The Bertz CT molecular complexity index is 283. The number of hydrogen-bond donors (Lipinski definition) is 2. The van der Waals surface area contributed by atoms with E-state index in [1.165, 1.54) is 25.7 Å². The summed E-state index contributed by atoms with van der Waals surface area (Å²) in [5.74, 6) is 1.23. The average Bonchev–Trinajstić information content (AvgIpc) is 2.94. The van der Waals surface area contributed by atoms with E-state index in [9.17, 15) is 4.79 Å². The van der Waals surface area contributed by atoms with Gasteiger partial charge in [0.25, 0.3) is 0 Å². The molecule has 1 atom stereocenters. The summed E-state index contributed by atoms with van der Waals surface area (Å²) in [6.45, 7) is 0. The van der Waals surface area contributed by atoms with Crippen molar-refractivity contribution in [3.05, 3.63) is 0 Å². The highest BCUT2D eigenvalue weighted by atomic mass is 32.1. The number of nitrogens with two attached hydrogens (primary N) is 1. The highest BCUT2D eigenvalue weighted by Crippen LogP contribution is 2.33. The van der Waals surface area contributed by atoms with Crippen LogP contribution in [0.3, 0.4) is 0 Å². The van der Waals surface area contributed by atoms with Crippen LogP contribution in [0.4, 0.5) is 0 Å². The molecule has 0 aliphatic heterocycles. The van der Waals surface area contributed by atoms with Gasteiger partial charge >= 0.3 is 0 Å². The maximum absolute atomic E-state index is 11.8. The van der Waals surface area contributed by atoms with Gasteiger partial charge in [-0.25, -0.2) is 0 Å². The molecule has 0 radical (unpaired) electrons. The lowest BCUT2D eigenvalue weighted by molar-refractivity contribution is -0.122. The smallest absolute Gasteiger partial charge is 0.220 e. The fraction of sp³-hybridized carbons (Fsp3) is 0.833. The van der Waals surface area contributed by atoms with Crippen LogP contribution in [0.1, 0.15) is 44.9 Å². The van der Waals surface area contributed by atoms with Crippen molar-refractivity contribution in [1.29, 1.82) is 0 Å². The van der Waals surface area contributed by atoms with E-state index in [0.29, 0.717) is 23.2 Å². The van der Waals surface area contributed by atoms with Gasteiger partial charge in [-0.1, -0.05) is 25.1 Å².